The second kappa shape index (κ2) is 5.48. The summed E-state index contributed by atoms with van der Waals surface area (Å²) in [5.41, 5.74) is 0.645. The Bertz CT molecular complexity index is 447. The monoisotopic (exact) mass is 250 g/mol. The van der Waals surface area contributed by atoms with Gasteiger partial charge in [-0.2, -0.15) is 0 Å². The second-order valence-electron chi connectivity index (χ2n) is 5.01. The van der Waals surface area contributed by atoms with Crippen LogP contribution < -0.4 is 5.32 Å². The Morgan fingerprint density at radius 1 is 1.50 bits per heavy atom. The first kappa shape index (κ1) is 13.0. The number of nitrogens with zero attached hydrogens (tertiary/aromatic N) is 1. The molecule has 1 aromatic carbocycles. The SMILES string of the molecule is Cc1cccc(C(=O)NC2CCCN(C)C2)c1F. The Kier molecular flexibility index (Phi) is 3.97. The van der Waals surface area contributed by atoms with E-state index in [9.17, 15) is 9.18 Å². The zero-order valence-electron chi connectivity index (χ0n) is 10.9. The number of likely N-dealkylation sites (N-methyl/N-ethyl adjacent to an activating group) is 1. The van der Waals surface area contributed by atoms with E-state index in [0.717, 1.165) is 25.9 Å². The number of aryl methyl sites for hydroxylation is 1. The lowest BCUT2D eigenvalue weighted by molar-refractivity contribution is 0.0908. The largest absolute Gasteiger partial charge is 0.348 e. The van der Waals surface area contributed by atoms with Gasteiger partial charge in [0.1, 0.15) is 5.82 Å². The molecule has 4 heteroatoms. The van der Waals surface area contributed by atoms with Crippen molar-refractivity contribution in [3.63, 3.8) is 0 Å². The first-order chi connectivity index (χ1) is 8.58. The number of hydrogen-bond donors (Lipinski definition) is 1. The van der Waals surface area contributed by atoms with E-state index >= 15 is 0 Å². The fourth-order valence-corrected chi connectivity index (χ4v) is 2.37. The van der Waals surface area contributed by atoms with E-state index in [4.69, 9.17) is 0 Å². The van der Waals surface area contributed by atoms with Gasteiger partial charge >= 0.3 is 0 Å². The summed E-state index contributed by atoms with van der Waals surface area (Å²) >= 11 is 0. The van der Waals surface area contributed by atoms with E-state index in [1.165, 1.54) is 6.07 Å². The molecule has 3 nitrogen and oxygen atoms in total. The van der Waals surface area contributed by atoms with Crippen LogP contribution in [0.25, 0.3) is 0 Å². The van der Waals surface area contributed by atoms with Crippen molar-refractivity contribution in [1.82, 2.24) is 10.2 Å². The summed E-state index contributed by atoms with van der Waals surface area (Å²) in [6.07, 6.45) is 2.03. The van der Waals surface area contributed by atoms with Gasteiger partial charge in [0.25, 0.3) is 5.91 Å². The molecule has 18 heavy (non-hydrogen) atoms. The normalized spacial score (nSPS) is 20.7. The van der Waals surface area contributed by atoms with Gasteiger partial charge < -0.3 is 10.2 Å². The molecule has 1 aromatic rings. The summed E-state index contributed by atoms with van der Waals surface area (Å²) in [5, 5.41) is 2.91. The number of rotatable bonds is 2. The molecule has 0 aromatic heterocycles. The molecular formula is C14H19FN2O. The standard InChI is InChI=1S/C14H19FN2O/c1-10-5-3-7-12(13(10)15)14(18)16-11-6-4-8-17(2)9-11/h3,5,7,11H,4,6,8-9H2,1-2H3,(H,16,18). The molecule has 98 valence electrons. The highest BCUT2D eigenvalue weighted by atomic mass is 19.1. The van der Waals surface area contributed by atoms with Crippen LogP contribution in [0.1, 0.15) is 28.8 Å². The summed E-state index contributed by atoms with van der Waals surface area (Å²) in [4.78, 5) is 14.2. The van der Waals surface area contributed by atoms with Gasteiger partial charge in [-0.3, -0.25) is 4.79 Å². The third-order valence-electron chi connectivity index (χ3n) is 3.40. The van der Waals surface area contributed by atoms with Crippen molar-refractivity contribution in [2.24, 2.45) is 0 Å². The van der Waals surface area contributed by atoms with Crippen LogP contribution in [0.2, 0.25) is 0 Å². The molecule has 1 atom stereocenters. The molecule has 0 bridgehead atoms. The van der Waals surface area contributed by atoms with Gasteiger partial charge in [0.2, 0.25) is 0 Å². The van der Waals surface area contributed by atoms with Crippen LogP contribution in [0, 0.1) is 12.7 Å². The quantitative estimate of drug-likeness (QED) is 0.870. The van der Waals surface area contributed by atoms with Crippen molar-refractivity contribution >= 4 is 5.91 Å². The number of carbonyl (C=O) groups is 1. The maximum absolute atomic E-state index is 13.8. The van der Waals surface area contributed by atoms with Gasteiger partial charge in [0, 0.05) is 12.6 Å². The number of piperidine rings is 1. The fourth-order valence-electron chi connectivity index (χ4n) is 2.37. The van der Waals surface area contributed by atoms with Crippen LogP contribution in [0.3, 0.4) is 0 Å². The molecule has 2 rings (SSSR count). The van der Waals surface area contributed by atoms with Crippen molar-refractivity contribution in [3.8, 4) is 0 Å². The van der Waals surface area contributed by atoms with Crippen molar-refractivity contribution in [1.29, 1.82) is 0 Å². The first-order valence-electron chi connectivity index (χ1n) is 6.32. The highest BCUT2D eigenvalue weighted by Crippen LogP contribution is 2.13. The summed E-state index contributed by atoms with van der Waals surface area (Å²) in [6.45, 7) is 3.56. The second-order valence-corrected chi connectivity index (χ2v) is 5.01. The summed E-state index contributed by atoms with van der Waals surface area (Å²) in [6, 6.07) is 5.03. The predicted octanol–water partition coefficient (Wildman–Crippen LogP) is 1.96. The van der Waals surface area contributed by atoms with E-state index in [1.54, 1.807) is 19.1 Å². The third-order valence-corrected chi connectivity index (χ3v) is 3.40. The van der Waals surface area contributed by atoms with E-state index in [-0.39, 0.29) is 17.5 Å². The minimum Gasteiger partial charge on any atom is -0.348 e. The van der Waals surface area contributed by atoms with Gasteiger partial charge in [-0.15, -0.1) is 0 Å². The topological polar surface area (TPSA) is 32.3 Å². The van der Waals surface area contributed by atoms with Gasteiger partial charge in [-0.1, -0.05) is 12.1 Å². The maximum Gasteiger partial charge on any atom is 0.254 e. The number of nitrogens with one attached hydrogen (secondary N) is 1. The lowest BCUT2D eigenvalue weighted by atomic mass is 10.0. The molecule has 0 radical (unpaired) electrons. The zero-order chi connectivity index (χ0) is 13.1. The van der Waals surface area contributed by atoms with Crippen LogP contribution in [0.15, 0.2) is 18.2 Å². The van der Waals surface area contributed by atoms with Crippen LogP contribution in [-0.2, 0) is 0 Å². The molecule has 1 aliphatic rings. The van der Waals surface area contributed by atoms with E-state index < -0.39 is 5.82 Å². The molecular weight excluding hydrogens is 231 g/mol. The minimum absolute atomic E-state index is 0.121. The molecule has 1 saturated heterocycles. The fraction of sp³-hybridized carbons (Fsp3) is 0.500. The zero-order valence-corrected chi connectivity index (χ0v) is 10.9. The highest BCUT2D eigenvalue weighted by Gasteiger charge is 2.21. The predicted molar refractivity (Wildman–Crippen MR) is 69.1 cm³/mol. The summed E-state index contributed by atoms with van der Waals surface area (Å²) < 4.78 is 13.8. The first-order valence-corrected chi connectivity index (χ1v) is 6.32. The molecule has 0 spiro atoms. The lowest BCUT2D eigenvalue weighted by Gasteiger charge is -2.30. The van der Waals surface area contributed by atoms with Crippen LogP contribution in [0.5, 0.6) is 0 Å². The smallest absolute Gasteiger partial charge is 0.254 e. The number of likely N-dealkylation sites (tertiary alicyclic amines) is 1. The molecule has 1 N–H and O–H groups in total. The number of carbonyl (C=O) groups excluding carboxylic acids is 1. The Balaban J connectivity index is 2.05. The van der Waals surface area contributed by atoms with Gasteiger partial charge in [-0.25, -0.2) is 4.39 Å². The molecule has 1 heterocycles. The van der Waals surface area contributed by atoms with E-state index in [0.29, 0.717) is 5.56 Å². The van der Waals surface area contributed by atoms with E-state index in [2.05, 4.69) is 10.2 Å². The third kappa shape index (κ3) is 2.88. The van der Waals surface area contributed by atoms with Crippen LogP contribution in [-0.4, -0.2) is 37.0 Å². The summed E-state index contributed by atoms with van der Waals surface area (Å²) in [7, 11) is 2.03. The minimum atomic E-state index is -0.417. The number of hydrogen-bond acceptors (Lipinski definition) is 2. The number of halogens is 1. The van der Waals surface area contributed by atoms with E-state index in [1.807, 2.05) is 7.05 Å². The lowest BCUT2D eigenvalue weighted by Crippen LogP contribution is -2.46. The molecule has 1 fully saturated rings. The Labute approximate surface area is 107 Å². The van der Waals surface area contributed by atoms with Gasteiger partial charge in [-0.05, 0) is 45.0 Å². The highest BCUT2D eigenvalue weighted by molar-refractivity contribution is 5.94. The Hall–Kier alpha value is -1.42. The van der Waals surface area contributed by atoms with Crippen molar-refractivity contribution in [2.75, 3.05) is 20.1 Å². The van der Waals surface area contributed by atoms with Crippen LogP contribution >= 0.6 is 0 Å². The number of amides is 1. The maximum atomic E-state index is 13.8. The van der Waals surface area contributed by atoms with Gasteiger partial charge in [0.15, 0.2) is 0 Å². The molecule has 0 aliphatic carbocycles. The summed E-state index contributed by atoms with van der Waals surface area (Å²) in [5.74, 6) is -0.726. The van der Waals surface area contributed by atoms with Crippen molar-refractivity contribution < 1.29 is 9.18 Å². The molecule has 0 saturated carbocycles. The average molecular weight is 250 g/mol. The van der Waals surface area contributed by atoms with Crippen molar-refractivity contribution in [3.05, 3.63) is 35.1 Å². The average Bonchev–Trinajstić information content (AvgIpc) is 2.32. The molecule has 1 unspecified atom stereocenters. The molecule has 1 aliphatic heterocycles. The van der Waals surface area contributed by atoms with Crippen molar-refractivity contribution in [2.45, 2.75) is 25.8 Å². The van der Waals surface area contributed by atoms with Crippen LogP contribution in [0.4, 0.5) is 4.39 Å². The number of benzene rings is 1. The molecule has 1 amide bonds. The Morgan fingerprint density at radius 2 is 2.28 bits per heavy atom. The van der Waals surface area contributed by atoms with Gasteiger partial charge in [0.05, 0.1) is 5.56 Å². The Morgan fingerprint density at radius 3 is 3.00 bits per heavy atom.